The van der Waals surface area contributed by atoms with E-state index in [0.29, 0.717) is 6.61 Å². The Bertz CT molecular complexity index is 208. The molecule has 0 aliphatic rings. The minimum absolute atomic E-state index is 0.557. The summed E-state index contributed by atoms with van der Waals surface area (Å²) >= 11 is 1.77. The Morgan fingerprint density at radius 2 is 2.09 bits per heavy atom. The number of rotatable bonds is 4. The first-order valence-electron chi connectivity index (χ1n) is 3.60. The molecule has 1 aromatic heterocycles. The topological polar surface area (TPSA) is 18.5 Å². The van der Waals surface area contributed by atoms with Gasteiger partial charge in [0.25, 0.3) is 0 Å². The molecule has 3 heteroatoms. The summed E-state index contributed by atoms with van der Waals surface area (Å²) in [6, 6.07) is 4.20. The summed E-state index contributed by atoms with van der Waals surface area (Å²) in [5, 5.41) is 0. The molecule has 0 unspecified atom stereocenters. The Morgan fingerprint density at radius 1 is 1.36 bits per heavy atom. The molecule has 62 valence electrons. The van der Waals surface area contributed by atoms with Gasteiger partial charge in [0.05, 0.1) is 7.11 Å². The number of aryl methyl sites for hydroxylation is 1. The summed E-state index contributed by atoms with van der Waals surface area (Å²) < 4.78 is 0. The smallest absolute Gasteiger partial charge is 0.116 e. The van der Waals surface area contributed by atoms with Crippen LogP contribution in [0.5, 0.6) is 0 Å². The van der Waals surface area contributed by atoms with Crippen LogP contribution < -0.4 is 0 Å². The van der Waals surface area contributed by atoms with Crippen LogP contribution in [0.3, 0.4) is 0 Å². The molecule has 0 fully saturated rings. The summed E-state index contributed by atoms with van der Waals surface area (Å²) in [6.45, 7) is 2.70. The van der Waals surface area contributed by atoms with Crippen molar-refractivity contribution < 1.29 is 9.78 Å². The van der Waals surface area contributed by atoms with Crippen molar-refractivity contribution in [3.63, 3.8) is 0 Å². The van der Waals surface area contributed by atoms with Gasteiger partial charge in [0.15, 0.2) is 0 Å². The molecule has 0 radical (unpaired) electrons. The van der Waals surface area contributed by atoms with Crippen molar-refractivity contribution in [1.29, 1.82) is 0 Å². The van der Waals surface area contributed by atoms with Crippen LogP contribution in [0.1, 0.15) is 16.7 Å². The van der Waals surface area contributed by atoms with Crippen LogP contribution in [-0.4, -0.2) is 7.11 Å². The van der Waals surface area contributed by atoms with Gasteiger partial charge in [-0.1, -0.05) is 6.92 Å². The van der Waals surface area contributed by atoms with Crippen molar-refractivity contribution >= 4 is 11.3 Å². The molecule has 0 aliphatic carbocycles. The maximum Gasteiger partial charge on any atom is 0.116 e. The lowest BCUT2D eigenvalue weighted by Gasteiger charge is -1.94. The van der Waals surface area contributed by atoms with Crippen LogP contribution in [0.4, 0.5) is 0 Å². The molecule has 0 aromatic carbocycles. The molecule has 0 amide bonds. The third-order valence-electron chi connectivity index (χ3n) is 1.38. The Balaban J connectivity index is 2.44. The van der Waals surface area contributed by atoms with E-state index in [-0.39, 0.29) is 0 Å². The molecule has 0 aliphatic heterocycles. The molecule has 1 rings (SSSR count). The largest absolute Gasteiger partial charge is 0.240 e. The molecular weight excluding hydrogens is 160 g/mol. The van der Waals surface area contributed by atoms with Gasteiger partial charge in [-0.05, 0) is 18.6 Å². The van der Waals surface area contributed by atoms with E-state index in [0.717, 1.165) is 6.42 Å². The second-order valence-electron chi connectivity index (χ2n) is 2.15. The van der Waals surface area contributed by atoms with Gasteiger partial charge in [-0.2, -0.15) is 0 Å². The molecule has 0 spiro atoms. The minimum atomic E-state index is 0.557. The highest BCUT2D eigenvalue weighted by atomic mass is 32.1. The average Bonchev–Trinajstić information content (AvgIpc) is 2.48. The highest BCUT2D eigenvalue weighted by Gasteiger charge is 1.97. The van der Waals surface area contributed by atoms with Crippen molar-refractivity contribution in [2.45, 2.75) is 20.0 Å². The number of hydrogen-bond acceptors (Lipinski definition) is 3. The van der Waals surface area contributed by atoms with Crippen molar-refractivity contribution in [2.24, 2.45) is 0 Å². The van der Waals surface area contributed by atoms with Crippen LogP contribution in [-0.2, 0) is 22.8 Å². The highest BCUT2D eigenvalue weighted by Crippen LogP contribution is 2.17. The lowest BCUT2D eigenvalue weighted by Crippen LogP contribution is -1.86. The third-order valence-corrected chi connectivity index (χ3v) is 2.59. The predicted octanol–water partition coefficient (Wildman–Crippen LogP) is 2.39. The Labute approximate surface area is 70.7 Å². The van der Waals surface area contributed by atoms with Gasteiger partial charge >= 0.3 is 0 Å². The van der Waals surface area contributed by atoms with E-state index in [1.54, 1.807) is 11.3 Å². The Kier molecular flexibility index (Phi) is 3.56. The van der Waals surface area contributed by atoms with Crippen LogP contribution in [0.2, 0.25) is 0 Å². The molecule has 0 N–H and O–H groups in total. The summed E-state index contributed by atoms with van der Waals surface area (Å²) in [5.41, 5.74) is 0. The maximum absolute atomic E-state index is 4.79. The van der Waals surface area contributed by atoms with Gasteiger partial charge in [0, 0.05) is 9.75 Å². The second kappa shape index (κ2) is 4.49. The zero-order valence-corrected chi connectivity index (χ0v) is 7.61. The summed E-state index contributed by atoms with van der Waals surface area (Å²) in [5.74, 6) is 0. The quantitative estimate of drug-likeness (QED) is 0.513. The van der Waals surface area contributed by atoms with Crippen LogP contribution in [0.15, 0.2) is 12.1 Å². The molecule has 0 saturated heterocycles. The lowest BCUT2D eigenvalue weighted by molar-refractivity contribution is -0.281. The molecule has 0 saturated carbocycles. The van der Waals surface area contributed by atoms with E-state index in [9.17, 15) is 0 Å². The first-order valence-corrected chi connectivity index (χ1v) is 4.41. The molecule has 1 aromatic rings. The van der Waals surface area contributed by atoms with Gasteiger partial charge in [-0.25, -0.2) is 9.78 Å². The van der Waals surface area contributed by atoms with E-state index in [2.05, 4.69) is 23.9 Å². The monoisotopic (exact) mass is 172 g/mol. The summed E-state index contributed by atoms with van der Waals surface area (Å²) in [4.78, 5) is 11.9. The molecule has 0 bridgehead atoms. The van der Waals surface area contributed by atoms with Crippen molar-refractivity contribution in [1.82, 2.24) is 0 Å². The SMILES string of the molecule is CCc1ccc(COOC)s1. The fraction of sp³-hybridized carbons (Fsp3) is 0.500. The van der Waals surface area contributed by atoms with Crippen molar-refractivity contribution in [3.05, 3.63) is 21.9 Å². The minimum Gasteiger partial charge on any atom is -0.240 e. The highest BCUT2D eigenvalue weighted by molar-refractivity contribution is 7.11. The van der Waals surface area contributed by atoms with Gasteiger partial charge in [0.2, 0.25) is 0 Å². The zero-order chi connectivity index (χ0) is 8.10. The second-order valence-corrected chi connectivity index (χ2v) is 3.40. The van der Waals surface area contributed by atoms with Gasteiger partial charge in [0.1, 0.15) is 6.61 Å². The number of thiophene rings is 1. The average molecular weight is 172 g/mol. The molecule has 2 nitrogen and oxygen atoms in total. The molecular formula is C8H12O2S. The molecule has 0 atom stereocenters. The standard InChI is InChI=1S/C8H12O2S/c1-3-7-4-5-8(11-7)6-10-9-2/h4-5H,3,6H2,1-2H3. The Morgan fingerprint density at radius 3 is 2.64 bits per heavy atom. The molecule has 11 heavy (non-hydrogen) atoms. The lowest BCUT2D eigenvalue weighted by atomic mass is 10.4. The van der Waals surface area contributed by atoms with E-state index >= 15 is 0 Å². The normalized spacial score (nSPS) is 10.4. The predicted molar refractivity (Wildman–Crippen MR) is 45.5 cm³/mol. The van der Waals surface area contributed by atoms with Crippen molar-refractivity contribution in [2.75, 3.05) is 7.11 Å². The number of hydrogen-bond donors (Lipinski definition) is 0. The third kappa shape index (κ3) is 2.61. The fourth-order valence-corrected chi connectivity index (χ4v) is 1.67. The fourth-order valence-electron chi connectivity index (χ4n) is 0.807. The van der Waals surface area contributed by atoms with E-state index in [1.165, 1.54) is 16.9 Å². The summed E-state index contributed by atoms with van der Waals surface area (Å²) in [6.07, 6.45) is 1.09. The van der Waals surface area contributed by atoms with Gasteiger partial charge < -0.3 is 0 Å². The van der Waals surface area contributed by atoms with Crippen LogP contribution >= 0.6 is 11.3 Å². The maximum atomic E-state index is 4.79. The van der Waals surface area contributed by atoms with E-state index in [4.69, 9.17) is 4.89 Å². The Hall–Kier alpha value is -0.380. The first-order chi connectivity index (χ1) is 5.36. The zero-order valence-electron chi connectivity index (χ0n) is 6.79. The summed E-state index contributed by atoms with van der Waals surface area (Å²) in [7, 11) is 1.52. The van der Waals surface area contributed by atoms with Crippen LogP contribution in [0.25, 0.3) is 0 Å². The van der Waals surface area contributed by atoms with Gasteiger partial charge in [-0.15, -0.1) is 11.3 Å². The first kappa shape index (κ1) is 8.71. The van der Waals surface area contributed by atoms with Crippen LogP contribution in [0, 0.1) is 0 Å². The van der Waals surface area contributed by atoms with E-state index < -0.39 is 0 Å². The van der Waals surface area contributed by atoms with Crippen molar-refractivity contribution in [3.8, 4) is 0 Å². The van der Waals surface area contributed by atoms with E-state index in [1.807, 2.05) is 0 Å². The molecule has 1 heterocycles. The van der Waals surface area contributed by atoms with Gasteiger partial charge in [-0.3, -0.25) is 0 Å².